The summed E-state index contributed by atoms with van der Waals surface area (Å²) >= 11 is 6.40. The van der Waals surface area contributed by atoms with Crippen molar-refractivity contribution in [2.75, 3.05) is 0 Å². The quantitative estimate of drug-likeness (QED) is 0.455. The van der Waals surface area contributed by atoms with E-state index in [1.807, 2.05) is 5.43 Å². The summed E-state index contributed by atoms with van der Waals surface area (Å²) in [5.74, 6) is 4.01. The number of amides is 1. The fraction of sp³-hybridized carbons (Fsp3) is 0.0769. The second-order valence-corrected chi connectivity index (χ2v) is 5.99. The first kappa shape index (κ1) is 15.9. The topological polar surface area (TPSA) is 77.1 Å². The molecule has 3 N–H and O–H groups in total. The van der Waals surface area contributed by atoms with Crippen LogP contribution in [0.25, 0.3) is 0 Å². The van der Waals surface area contributed by atoms with E-state index in [1.54, 1.807) is 12.3 Å². The molecule has 0 saturated heterocycles. The number of carbonyl (C=O) groups is 1. The highest BCUT2D eigenvalue weighted by atomic mass is 79.9. The fourth-order valence-corrected chi connectivity index (χ4v) is 3.04. The molecule has 110 valence electrons. The number of nitrogen functional groups attached to an aromatic ring is 1. The summed E-state index contributed by atoms with van der Waals surface area (Å²) in [5.41, 5.74) is 2.11. The van der Waals surface area contributed by atoms with Gasteiger partial charge in [-0.25, -0.2) is 10.2 Å². The van der Waals surface area contributed by atoms with E-state index < -0.39 is 11.7 Å². The van der Waals surface area contributed by atoms with Crippen LogP contribution in [0, 0.1) is 5.82 Å². The summed E-state index contributed by atoms with van der Waals surface area (Å²) < 4.78 is 16.2. The zero-order valence-corrected chi connectivity index (χ0v) is 13.7. The zero-order valence-electron chi connectivity index (χ0n) is 10.6. The van der Waals surface area contributed by atoms with Crippen LogP contribution in [0.1, 0.15) is 15.9 Å². The number of nitrogens with zero attached hydrogens (tertiary/aromatic N) is 1. The number of hydrazine groups is 1. The van der Waals surface area contributed by atoms with Crippen LogP contribution in [0.2, 0.25) is 0 Å². The Balaban J connectivity index is 2.44. The molecule has 0 atom stereocenters. The van der Waals surface area contributed by atoms with Gasteiger partial charge >= 0.3 is 0 Å². The van der Waals surface area contributed by atoms with E-state index in [2.05, 4.69) is 31.9 Å². The lowest BCUT2D eigenvalue weighted by Crippen LogP contribution is -2.30. The van der Waals surface area contributed by atoms with Crippen molar-refractivity contribution < 1.29 is 9.18 Å². The molecule has 0 aliphatic heterocycles. The van der Waals surface area contributed by atoms with E-state index in [-0.39, 0.29) is 23.2 Å². The van der Waals surface area contributed by atoms with Gasteiger partial charge in [0.1, 0.15) is 5.82 Å². The minimum Gasteiger partial charge on any atom is -0.309 e. The van der Waals surface area contributed by atoms with Crippen molar-refractivity contribution in [1.29, 1.82) is 0 Å². The lowest BCUT2D eigenvalue weighted by atomic mass is 10.1. The number of rotatable bonds is 3. The van der Waals surface area contributed by atoms with E-state index in [1.165, 1.54) is 16.7 Å². The van der Waals surface area contributed by atoms with Gasteiger partial charge in [0.15, 0.2) is 0 Å². The Hall–Kier alpha value is -1.51. The van der Waals surface area contributed by atoms with Crippen LogP contribution in [0.3, 0.4) is 0 Å². The summed E-state index contributed by atoms with van der Waals surface area (Å²) in [7, 11) is 0. The SMILES string of the molecule is NNC(=O)c1ccc(F)c(Cn2cc(Br)cc(Br)c2=O)c1. The van der Waals surface area contributed by atoms with Gasteiger partial charge in [0, 0.05) is 21.8 Å². The van der Waals surface area contributed by atoms with Crippen molar-refractivity contribution in [3.05, 3.63) is 66.7 Å². The molecular formula is C13H10Br2FN3O2. The van der Waals surface area contributed by atoms with Gasteiger partial charge < -0.3 is 4.57 Å². The highest BCUT2D eigenvalue weighted by Crippen LogP contribution is 2.16. The van der Waals surface area contributed by atoms with E-state index >= 15 is 0 Å². The molecule has 0 saturated carbocycles. The van der Waals surface area contributed by atoms with E-state index in [0.29, 0.717) is 8.95 Å². The maximum absolute atomic E-state index is 13.9. The van der Waals surface area contributed by atoms with Crippen LogP contribution in [0.5, 0.6) is 0 Å². The maximum Gasteiger partial charge on any atom is 0.265 e. The number of hydrogen-bond donors (Lipinski definition) is 2. The average molecular weight is 419 g/mol. The van der Waals surface area contributed by atoms with Crippen molar-refractivity contribution in [3.63, 3.8) is 0 Å². The molecule has 2 aromatic rings. The standard InChI is InChI=1S/C13H10Br2FN3O2/c14-9-4-10(15)13(21)19(6-9)5-8-3-7(12(20)18-17)1-2-11(8)16/h1-4,6H,5,17H2,(H,18,20). The molecule has 8 heteroatoms. The molecule has 0 aliphatic carbocycles. The predicted molar refractivity (Wildman–Crippen MR) is 83.3 cm³/mol. The molecule has 0 radical (unpaired) electrons. The molecule has 1 aromatic heterocycles. The molecule has 1 heterocycles. The second-order valence-electron chi connectivity index (χ2n) is 4.22. The number of aromatic nitrogens is 1. The zero-order chi connectivity index (χ0) is 15.6. The molecule has 0 fully saturated rings. The third-order valence-corrected chi connectivity index (χ3v) is 3.79. The lowest BCUT2D eigenvalue weighted by Gasteiger charge is -2.10. The Morgan fingerprint density at radius 3 is 2.71 bits per heavy atom. The normalized spacial score (nSPS) is 10.5. The van der Waals surface area contributed by atoms with E-state index in [0.717, 1.165) is 6.07 Å². The maximum atomic E-state index is 13.9. The molecule has 21 heavy (non-hydrogen) atoms. The molecular weight excluding hydrogens is 409 g/mol. The van der Waals surface area contributed by atoms with Crippen molar-refractivity contribution in [1.82, 2.24) is 9.99 Å². The number of halogens is 3. The molecule has 0 spiro atoms. The van der Waals surface area contributed by atoms with Gasteiger partial charge in [0.2, 0.25) is 0 Å². The molecule has 5 nitrogen and oxygen atoms in total. The van der Waals surface area contributed by atoms with Gasteiger partial charge in [0.25, 0.3) is 11.5 Å². The number of nitrogens with one attached hydrogen (secondary N) is 1. The Kier molecular flexibility index (Phi) is 4.92. The largest absolute Gasteiger partial charge is 0.309 e. The van der Waals surface area contributed by atoms with Crippen LogP contribution in [-0.4, -0.2) is 10.5 Å². The number of hydrogen-bond acceptors (Lipinski definition) is 3. The molecule has 0 bridgehead atoms. The smallest absolute Gasteiger partial charge is 0.265 e. The minimum atomic E-state index is -0.529. The van der Waals surface area contributed by atoms with Gasteiger partial charge in [-0.2, -0.15) is 0 Å². The summed E-state index contributed by atoms with van der Waals surface area (Å²) in [5, 5.41) is 0. The molecule has 2 rings (SSSR count). The van der Waals surface area contributed by atoms with Crippen LogP contribution >= 0.6 is 31.9 Å². The fourth-order valence-electron chi connectivity index (χ4n) is 1.79. The number of benzene rings is 1. The highest BCUT2D eigenvalue weighted by Gasteiger charge is 2.11. The summed E-state index contributed by atoms with van der Waals surface area (Å²) in [4.78, 5) is 23.4. The third kappa shape index (κ3) is 3.58. The van der Waals surface area contributed by atoms with E-state index in [9.17, 15) is 14.0 Å². The molecule has 0 aliphatic rings. The monoisotopic (exact) mass is 417 g/mol. The van der Waals surface area contributed by atoms with Crippen molar-refractivity contribution in [2.24, 2.45) is 5.84 Å². The highest BCUT2D eigenvalue weighted by molar-refractivity contribution is 9.11. The molecule has 0 unspecified atom stereocenters. The average Bonchev–Trinajstić information content (AvgIpc) is 2.45. The van der Waals surface area contributed by atoms with E-state index in [4.69, 9.17) is 5.84 Å². The number of pyridine rings is 1. The second kappa shape index (κ2) is 6.50. The number of nitrogens with two attached hydrogens (primary N) is 1. The first-order valence-electron chi connectivity index (χ1n) is 5.77. The third-order valence-electron chi connectivity index (χ3n) is 2.79. The summed E-state index contributed by atoms with van der Waals surface area (Å²) in [6, 6.07) is 5.45. The van der Waals surface area contributed by atoms with Crippen LogP contribution in [0.15, 0.2) is 44.2 Å². The first-order valence-corrected chi connectivity index (χ1v) is 7.36. The van der Waals surface area contributed by atoms with Crippen molar-refractivity contribution in [3.8, 4) is 0 Å². The lowest BCUT2D eigenvalue weighted by molar-refractivity contribution is 0.0953. The first-order chi connectivity index (χ1) is 9.92. The van der Waals surface area contributed by atoms with Gasteiger partial charge in [-0.15, -0.1) is 0 Å². The van der Waals surface area contributed by atoms with Gasteiger partial charge in [0.05, 0.1) is 11.0 Å². The van der Waals surface area contributed by atoms with Crippen LogP contribution < -0.4 is 16.8 Å². The summed E-state index contributed by atoms with van der Waals surface area (Å²) in [6.45, 7) is -0.00556. The Morgan fingerprint density at radius 1 is 1.33 bits per heavy atom. The van der Waals surface area contributed by atoms with Gasteiger partial charge in [-0.1, -0.05) is 0 Å². The van der Waals surface area contributed by atoms with Gasteiger partial charge in [-0.05, 0) is 56.1 Å². The van der Waals surface area contributed by atoms with Gasteiger partial charge in [-0.3, -0.25) is 15.0 Å². The van der Waals surface area contributed by atoms with Crippen LogP contribution in [-0.2, 0) is 6.54 Å². The Morgan fingerprint density at radius 2 is 2.05 bits per heavy atom. The van der Waals surface area contributed by atoms with Crippen LogP contribution in [0.4, 0.5) is 4.39 Å². The summed E-state index contributed by atoms with van der Waals surface area (Å²) in [6.07, 6.45) is 1.54. The molecule has 1 amide bonds. The minimum absolute atomic E-state index is 0.00556. The molecule has 1 aromatic carbocycles. The van der Waals surface area contributed by atoms with Crippen molar-refractivity contribution in [2.45, 2.75) is 6.54 Å². The Bertz CT molecular complexity index is 762. The Labute approximate surface area is 136 Å². The number of carbonyl (C=O) groups excluding carboxylic acids is 1. The predicted octanol–water partition coefficient (Wildman–Crippen LogP) is 2.16. The van der Waals surface area contributed by atoms with Crippen molar-refractivity contribution >= 4 is 37.8 Å².